The number of anilines is 1. The molecule has 16 heavy (non-hydrogen) atoms. The van der Waals surface area contributed by atoms with Crippen LogP contribution in [0.1, 0.15) is 32.3 Å². The molecule has 0 aliphatic heterocycles. The summed E-state index contributed by atoms with van der Waals surface area (Å²) >= 11 is 0. The highest BCUT2D eigenvalue weighted by molar-refractivity contribution is 5.47. The van der Waals surface area contributed by atoms with Gasteiger partial charge in [0.15, 0.2) is 0 Å². The van der Waals surface area contributed by atoms with E-state index >= 15 is 0 Å². The van der Waals surface area contributed by atoms with Crippen molar-refractivity contribution in [3.63, 3.8) is 0 Å². The summed E-state index contributed by atoms with van der Waals surface area (Å²) in [6.07, 6.45) is 2.34. The first-order chi connectivity index (χ1) is 7.56. The van der Waals surface area contributed by atoms with Gasteiger partial charge in [0.1, 0.15) is 5.82 Å². The molecule has 0 atom stereocenters. The molecule has 1 fully saturated rings. The van der Waals surface area contributed by atoms with Crippen molar-refractivity contribution >= 4 is 5.69 Å². The summed E-state index contributed by atoms with van der Waals surface area (Å²) < 4.78 is 13.6. The summed E-state index contributed by atoms with van der Waals surface area (Å²) in [6.45, 7) is 6.42. The van der Waals surface area contributed by atoms with Crippen LogP contribution in [0, 0.1) is 24.6 Å². The quantitative estimate of drug-likeness (QED) is 0.814. The number of aryl methyl sites for hydroxylation is 1. The average molecular weight is 221 g/mol. The predicted octanol–water partition coefficient (Wildman–Crippen LogP) is 3.98. The second kappa shape index (κ2) is 4.44. The molecule has 0 unspecified atom stereocenters. The van der Waals surface area contributed by atoms with E-state index in [1.54, 1.807) is 6.07 Å². The van der Waals surface area contributed by atoms with Crippen molar-refractivity contribution in [2.24, 2.45) is 11.8 Å². The summed E-state index contributed by atoms with van der Waals surface area (Å²) in [7, 11) is 0. The van der Waals surface area contributed by atoms with Crippen LogP contribution in [-0.4, -0.2) is 6.04 Å². The van der Waals surface area contributed by atoms with Crippen LogP contribution < -0.4 is 5.32 Å². The fraction of sp³-hybridized carbons (Fsp3) is 0.571. The maximum absolute atomic E-state index is 13.6. The Labute approximate surface area is 97.1 Å². The lowest BCUT2D eigenvalue weighted by molar-refractivity contribution is 0.211. The zero-order chi connectivity index (χ0) is 11.7. The molecular formula is C14H20FN. The lowest BCUT2D eigenvalue weighted by Crippen LogP contribution is -2.38. The Morgan fingerprint density at radius 3 is 2.56 bits per heavy atom. The predicted molar refractivity (Wildman–Crippen MR) is 66.1 cm³/mol. The van der Waals surface area contributed by atoms with Crippen LogP contribution in [0.25, 0.3) is 0 Å². The Balaban J connectivity index is 1.91. The molecule has 0 spiro atoms. The van der Waals surface area contributed by atoms with Crippen LogP contribution in [0.15, 0.2) is 18.2 Å². The number of rotatable bonds is 3. The van der Waals surface area contributed by atoms with Crippen LogP contribution in [0.5, 0.6) is 0 Å². The normalized spacial score (nSPS) is 24.3. The molecule has 1 aromatic rings. The molecule has 1 N–H and O–H groups in total. The summed E-state index contributed by atoms with van der Waals surface area (Å²) in [6, 6.07) is 5.84. The molecule has 0 radical (unpaired) electrons. The van der Waals surface area contributed by atoms with Gasteiger partial charge < -0.3 is 5.32 Å². The van der Waals surface area contributed by atoms with Gasteiger partial charge in [-0.1, -0.05) is 19.9 Å². The van der Waals surface area contributed by atoms with Gasteiger partial charge in [-0.25, -0.2) is 4.39 Å². The van der Waals surface area contributed by atoms with Gasteiger partial charge in [0.25, 0.3) is 0 Å². The molecule has 0 bridgehead atoms. The first kappa shape index (κ1) is 11.4. The van der Waals surface area contributed by atoms with Crippen molar-refractivity contribution in [1.82, 2.24) is 0 Å². The van der Waals surface area contributed by atoms with E-state index in [9.17, 15) is 4.39 Å². The van der Waals surface area contributed by atoms with E-state index in [0.29, 0.717) is 11.7 Å². The van der Waals surface area contributed by atoms with Crippen LogP contribution in [0.3, 0.4) is 0 Å². The number of halogens is 1. The molecule has 1 aromatic carbocycles. The third kappa shape index (κ3) is 2.37. The van der Waals surface area contributed by atoms with Crippen molar-refractivity contribution in [1.29, 1.82) is 0 Å². The highest BCUT2D eigenvalue weighted by Crippen LogP contribution is 2.35. The lowest BCUT2D eigenvalue weighted by Gasteiger charge is -2.39. The van der Waals surface area contributed by atoms with Crippen LogP contribution in [-0.2, 0) is 0 Å². The monoisotopic (exact) mass is 221 g/mol. The first-order valence-electron chi connectivity index (χ1n) is 6.09. The Morgan fingerprint density at radius 2 is 2.00 bits per heavy atom. The molecule has 1 aliphatic rings. The molecule has 1 saturated carbocycles. The van der Waals surface area contributed by atoms with Gasteiger partial charge in [0.2, 0.25) is 0 Å². The second-order valence-electron chi connectivity index (χ2n) is 5.30. The van der Waals surface area contributed by atoms with Gasteiger partial charge in [-0.3, -0.25) is 0 Å². The van der Waals surface area contributed by atoms with Gasteiger partial charge in [0, 0.05) is 6.04 Å². The van der Waals surface area contributed by atoms with Gasteiger partial charge in [-0.2, -0.15) is 0 Å². The third-order valence-electron chi connectivity index (χ3n) is 3.60. The van der Waals surface area contributed by atoms with Crippen molar-refractivity contribution in [2.45, 2.75) is 39.7 Å². The highest BCUT2D eigenvalue weighted by Gasteiger charge is 2.31. The maximum Gasteiger partial charge on any atom is 0.146 e. The number of nitrogens with one attached hydrogen (secondary N) is 1. The summed E-state index contributed by atoms with van der Waals surface area (Å²) in [5.74, 6) is 1.43. The van der Waals surface area contributed by atoms with E-state index in [0.717, 1.165) is 17.4 Å². The minimum Gasteiger partial charge on any atom is -0.380 e. The third-order valence-corrected chi connectivity index (χ3v) is 3.60. The minimum absolute atomic E-state index is 0.131. The number of benzene rings is 1. The second-order valence-corrected chi connectivity index (χ2v) is 5.30. The average Bonchev–Trinajstić information content (AvgIpc) is 2.12. The van der Waals surface area contributed by atoms with Gasteiger partial charge in [0.05, 0.1) is 5.69 Å². The molecule has 1 nitrogen and oxygen atoms in total. The molecule has 0 heterocycles. The molecule has 0 aromatic heterocycles. The van der Waals surface area contributed by atoms with Gasteiger partial charge in [-0.05, 0) is 49.3 Å². The molecule has 88 valence electrons. The van der Waals surface area contributed by atoms with Crippen molar-refractivity contribution in [3.8, 4) is 0 Å². The van der Waals surface area contributed by atoms with Crippen molar-refractivity contribution in [2.75, 3.05) is 5.32 Å². The van der Waals surface area contributed by atoms with E-state index in [2.05, 4.69) is 19.2 Å². The first-order valence-corrected chi connectivity index (χ1v) is 6.09. The fourth-order valence-corrected chi connectivity index (χ4v) is 2.28. The van der Waals surface area contributed by atoms with Gasteiger partial charge in [-0.15, -0.1) is 0 Å². The SMILES string of the molecule is Cc1ccc(NC2CC(C(C)C)C2)c(F)c1. The van der Waals surface area contributed by atoms with Crippen LogP contribution in [0.4, 0.5) is 10.1 Å². The largest absolute Gasteiger partial charge is 0.380 e. The highest BCUT2D eigenvalue weighted by atomic mass is 19.1. The molecule has 0 saturated heterocycles. The number of hydrogen-bond acceptors (Lipinski definition) is 1. The maximum atomic E-state index is 13.6. The van der Waals surface area contributed by atoms with E-state index in [1.807, 2.05) is 19.1 Å². The Bertz CT molecular complexity index is 367. The Hall–Kier alpha value is -1.05. The fourth-order valence-electron chi connectivity index (χ4n) is 2.28. The lowest BCUT2D eigenvalue weighted by atomic mass is 9.73. The molecule has 2 rings (SSSR count). The summed E-state index contributed by atoms with van der Waals surface area (Å²) in [5.41, 5.74) is 1.62. The topological polar surface area (TPSA) is 12.0 Å². The van der Waals surface area contributed by atoms with E-state index in [1.165, 1.54) is 12.8 Å². The van der Waals surface area contributed by atoms with E-state index in [-0.39, 0.29) is 5.82 Å². The Kier molecular flexibility index (Phi) is 3.17. The van der Waals surface area contributed by atoms with E-state index < -0.39 is 0 Å². The molecular weight excluding hydrogens is 201 g/mol. The van der Waals surface area contributed by atoms with Crippen molar-refractivity contribution < 1.29 is 4.39 Å². The van der Waals surface area contributed by atoms with Crippen LogP contribution >= 0.6 is 0 Å². The van der Waals surface area contributed by atoms with Gasteiger partial charge >= 0.3 is 0 Å². The van der Waals surface area contributed by atoms with Crippen LogP contribution in [0.2, 0.25) is 0 Å². The standard InChI is InChI=1S/C14H20FN/c1-9(2)11-7-12(8-11)16-14-5-4-10(3)6-13(14)15/h4-6,9,11-12,16H,7-8H2,1-3H3. The smallest absolute Gasteiger partial charge is 0.146 e. The zero-order valence-electron chi connectivity index (χ0n) is 10.3. The molecule has 2 heteroatoms. The van der Waals surface area contributed by atoms with E-state index in [4.69, 9.17) is 0 Å². The molecule has 0 amide bonds. The summed E-state index contributed by atoms with van der Waals surface area (Å²) in [5, 5.41) is 3.28. The number of hydrogen-bond donors (Lipinski definition) is 1. The molecule has 1 aliphatic carbocycles. The minimum atomic E-state index is -0.131. The van der Waals surface area contributed by atoms with Crippen molar-refractivity contribution in [3.05, 3.63) is 29.6 Å². The Morgan fingerprint density at radius 1 is 1.31 bits per heavy atom. The zero-order valence-corrected chi connectivity index (χ0v) is 10.3. The summed E-state index contributed by atoms with van der Waals surface area (Å²) in [4.78, 5) is 0.